The molecule has 1 aromatic carbocycles. The van der Waals surface area contributed by atoms with Crippen molar-refractivity contribution >= 4 is 23.2 Å². The van der Waals surface area contributed by atoms with Crippen molar-refractivity contribution in [2.24, 2.45) is 5.41 Å². The number of aromatic nitrogens is 2. The van der Waals surface area contributed by atoms with Crippen LogP contribution in [-0.4, -0.2) is 22.9 Å². The number of carbonyl (C=O) groups excluding carboxylic acids is 1. The van der Waals surface area contributed by atoms with Crippen LogP contribution < -0.4 is 4.90 Å². The summed E-state index contributed by atoms with van der Waals surface area (Å²) in [5.41, 5.74) is -0.0998. The maximum Gasteiger partial charge on any atom is 0.239 e. The van der Waals surface area contributed by atoms with Crippen LogP contribution in [0.3, 0.4) is 0 Å². The number of hydrogen-bond acceptors (Lipinski definition) is 5. The number of halogens is 1. The second kappa shape index (κ2) is 6.02. The summed E-state index contributed by atoms with van der Waals surface area (Å²) in [6.45, 7) is 6.19. The first kappa shape index (κ1) is 19.4. The molecule has 0 saturated heterocycles. The van der Waals surface area contributed by atoms with E-state index in [0.29, 0.717) is 28.5 Å². The fourth-order valence-corrected chi connectivity index (χ4v) is 5.49. The lowest BCUT2D eigenvalue weighted by Gasteiger charge is -2.41. The molecule has 1 heterocycles. The summed E-state index contributed by atoms with van der Waals surface area (Å²) in [6, 6.07) is 11.1. The Morgan fingerprint density at radius 3 is 2.24 bits per heavy atom. The second-order valence-electron chi connectivity index (χ2n) is 8.52. The molecular formula is C22H20ClN5O. The van der Waals surface area contributed by atoms with Crippen LogP contribution in [0, 0.1) is 28.1 Å². The highest BCUT2D eigenvalue weighted by Crippen LogP contribution is 2.70. The van der Waals surface area contributed by atoms with E-state index in [-0.39, 0.29) is 17.3 Å². The number of carbonyl (C=O) groups is 1. The minimum atomic E-state index is -0.947. The van der Waals surface area contributed by atoms with Gasteiger partial charge in [-0.2, -0.15) is 10.5 Å². The number of para-hydroxylation sites is 1. The van der Waals surface area contributed by atoms with Crippen molar-refractivity contribution in [1.29, 1.82) is 10.5 Å². The number of amides is 1. The minimum absolute atomic E-state index is 0.0119. The van der Waals surface area contributed by atoms with Gasteiger partial charge in [0.25, 0.3) is 0 Å². The molecule has 2 aliphatic carbocycles. The molecule has 0 radical (unpaired) electrons. The Labute approximate surface area is 174 Å². The number of anilines is 1. The van der Waals surface area contributed by atoms with Crippen LogP contribution in [0.15, 0.2) is 24.3 Å². The van der Waals surface area contributed by atoms with Gasteiger partial charge in [-0.3, -0.25) is 4.79 Å². The summed E-state index contributed by atoms with van der Waals surface area (Å²) in [6.07, 6.45) is 1.35. The van der Waals surface area contributed by atoms with Crippen LogP contribution in [-0.2, 0) is 15.6 Å². The van der Waals surface area contributed by atoms with Crippen LogP contribution in [0.2, 0.25) is 5.02 Å². The molecule has 146 valence electrons. The van der Waals surface area contributed by atoms with Gasteiger partial charge in [0, 0.05) is 12.5 Å². The van der Waals surface area contributed by atoms with E-state index in [9.17, 15) is 15.3 Å². The Hall–Kier alpha value is -2.96. The number of fused-ring (bicyclic) bond motifs is 5. The molecule has 6 nitrogen and oxygen atoms in total. The summed E-state index contributed by atoms with van der Waals surface area (Å²) in [5.74, 6) is -0.124. The molecule has 2 bridgehead atoms. The molecule has 1 saturated carbocycles. The van der Waals surface area contributed by atoms with Gasteiger partial charge in [0.15, 0.2) is 11.4 Å². The number of hydrogen-bond donors (Lipinski definition) is 0. The van der Waals surface area contributed by atoms with Gasteiger partial charge in [-0.1, -0.05) is 44.5 Å². The maximum atomic E-state index is 14.0. The van der Waals surface area contributed by atoms with Gasteiger partial charge >= 0.3 is 0 Å². The third-order valence-corrected chi connectivity index (χ3v) is 7.68. The lowest BCUT2D eigenvalue weighted by molar-refractivity contribution is -0.127. The molecule has 2 unspecified atom stereocenters. The fourth-order valence-electron chi connectivity index (χ4n) is 5.23. The lowest BCUT2D eigenvalue weighted by Crippen LogP contribution is -2.52. The van der Waals surface area contributed by atoms with Gasteiger partial charge in [-0.15, -0.1) is 0 Å². The predicted molar refractivity (Wildman–Crippen MR) is 108 cm³/mol. The minimum Gasteiger partial charge on any atom is -0.313 e. The van der Waals surface area contributed by atoms with E-state index in [1.54, 1.807) is 24.1 Å². The van der Waals surface area contributed by atoms with Gasteiger partial charge in [0.05, 0.1) is 27.5 Å². The molecule has 2 aliphatic rings. The van der Waals surface area contributed by atoms with Crippen molar-refractivity contribution in [2.75, 3.05) is 11.9 Å². The van der Waals surface area contributed by atoms with E-state index < -0.39 is 16.2 Å². The highest BCUT2D eigenvalue weighted by atomic mass is 35.5. The van der Waals surface area contributed by atoms with Gasteiger partial charge in [0.1, 0.15) is 12.1 Å². The molecule has 1 aromatic heterocycles. The molecule has 1 fully saturated rings. The molecule has 2 atom stereocenters. The predicted octanol–water partition coefficient (Wildman–Crippen LogP) is 3.87. The van der Waals surface area contributed by atoms with Crippen molar-refractivity contribution < 1.29 is 4.79 Å². The highest BCUT2D eigenvalue weighted by Gasteiger charge is 2.73. The number of nitriles is 2. The lowest BCUT2D eigenvalue weighted by atomic mass is 9.63. The number of benzene rings is 1. The van der Waals surface area contributed by atoms with E-state index in [4.69, 9.17) is 11.6 Å². The number of nitrogens with zero attached hydrogens (tertiary/aromatic N) is 5. The largest absolute Gasteiger partial charge is 0.313 e. The third-order valence-electron chi connectivity index (χ3n) is 7.36. The second-order valence-corrected chi connectivity index (χ2v) is 8.93. The molecule has 7 heteroatoms. The van der Waals surface area contributed by atoms with Crippen LogP contribution in [0.4, 0.5) is 5.69 Å². The van der Waals surface area contributed by atoms with Crippen molar-refractivity contribution in [3.8, 4) is 12.1 Å². The summed E-state index contributed by atoms with van der Waals surface area (Å²) < 4.78 is 0. The molecule has 29 heavy (non-hydrogen) atoms. The highest BCUT2D eigenvalue weighted by molar-refractivity contribution is 6.33. The smallest absolute Gasteiger partial charge is 0.239 e. The molecule has 2 aromatic rings. The zero-order valence-corrected chi connectivity index (χ0v) is 17.5. The van der Waals surface area contributed by atoms with Crippen LogP contribution in [0.5, 0.6) is 0 Å². The number of likely N-dealkylation sites (N-methyl/N-ethyl adjacent to an activating group) is 1. The fraction of sp³-hybridized carbons (Fsp3) is 0.409. The zero-order chi connectivity index (χ0) is 21.2. The first-order chi connectivity index (χ1) is 13.7. The van der Waals surface area contributed by atoms with Crippen molar-refractivity contribution in [2.45, 2.75) is 44.4 Å². The first-order valence-electron chi connectivity index (χ1n) is 9.41. The molecule has 1 amide bonds. The SMILES string of the molecule is CN(C(=O)C12CCC(C)(c3nc(C#N)c(C#N)nc31)C2(C)C)c1ccccc1Cl. The van der Waals surface area contributed by atoms with E-state index in [1.807, 2.05) is 24.3 Å². The van der Waals surface area contributed by atoms with Crippen molar-refractivity contribution in [3.63, 3.8) is 0 Å². The van der Waals surface area contributed by atoms with E-state index in [0.717, 1.165) is 6.42 Å². The summed E-state index contributed by atoms with van der Waals surface area (Å²) in [7, 11) is 1.71. The zero-order valence-electron chi connectivity index (χ0n) is 16.7. The van der Waals surface area contributed by atoms with E-state index in [1.165, 1.54) is 0 Å². The average Bonchev–Trinajstić information content (AvgIpc) is 3.01. The van der Waals surface area contributed by atoms with Crippen LogP contribution in [0.1, 0.15) is 56.4 Å². The van der Waals surface area contributed by atoms with Crippen LogP contribution in [0.25, 0.3) is 0 Å². The Morgan fingerprint density at radius 1 is 1.07 bits per heavy atom. The van der Waals surface area contributed by atoms with Gasteiger partial charge in [0.2, 0.25) is 5.91 Å². The molecular weight excluding hydrogens is 386 g/mol. The quantitative estimate of drug-likeness (QED) is 0.756. The van der Waals surface area contributed by atoms with Gasteiger partial charge < -0.3 is 4.90 Å². The Balaban J connectivity index is 1.97. The van der Waals surface area contributed by atoms with E-state index >= 15 is 0 Å². The monoisotopic (exact) mass is 405 g/mol. The van der Waals surface area contributed by atoms with Gasteiger partial charge in [-0.05, 0) is 30.4 Å². The Bertz CT molecular complexity index is 1140. The van der Waals surface area contributed by atoms with Crippen molar-refractivity contribution in [1.82, 2.24) is 9.97 Å². The van der Waals surface area contributed by atoms with Crippen molar-refractivity contribution in [3.05, 3.63) is 52.1 Å². The normalized spacial score (nSPS) is 25.8. The standard InChI is InChI=1S/C22H20ClN5O/c1-20(2)21(3)9-10-22(20,18-17(21)26-14(11-24)15(12-25)27-18)19(29)28(4)16-8-6-5-7-13(16)23/h5-8H,9-10H2,1-4H3. The third kappa shape index (κ3) is 2.13. The topological polar surface area (TPSA) is 93.7 Å². The van der Waals surface area contributed by atoms with E-state index in [2.05, 4.69) is 30.7 Å². The van der Waals surface area contributed by atoms with Crippen LogP contribution >= 0.6 is 11.6 Å². The summed E-state index contributed by atoms with van der Waals surface area (Å²) >= 11 is 6.35. The Morgan fingerprint density at radius 2 is 1.66 bits per heavy atom. The molecule has 4 rings (SSSR count). The number of rotatable bonds is 2. The van der Waals surface area contributed by atoms with Gasteiger partial charge in [-0.25, -0.2) is 9.97 Å². The molecule has 0 spiro atoms. The summed E-state index contributed by atoms with van der Waals surface area (Å²) in [4.78, 5) is 24.6. The molecule has 0 N–H and O–H groups in total. The maximum absolute atomic E-state index is 14.0. The first-order valence-corrected chi connectivity index (χ1v) is 9.79. The summed E-state index contributed by atoms with van der Waals surface area (Å²) in [5, 5.41) is 19.4. The average molecular weight is 406 g/mol. The Kier molecular flexibility index (Phi) is 4.02. The molecule has 0 aliphatic heterocycles.